The Hall–Kier alpha value is -0.390. The van der Waals surface area contributed by atoms with Crippen molar-refractivity contribution in [1.29, 1.82) is 0 Å². The number of hydrogen-bond donors (Lipinski definition) is 2. The van der Waals surface area contributed by atoms with Gasteiger partial charge in [-0.1, -0.05) is 0 Å². The molecule has 84 valence electrons. The summed E-state index contributed by atoms with van der Waals surface area (Å²) in [7, 11) is -0.720. The minimum Gasteiger partial charge on any atom is -0.496 e. The molecule has 0 spiro atoms. The standard InChI is InChI=1S/C10H14BrNO2S/c1-14-10-7-8(3-4-9(10)11)15(13)6-2-5-12-15/h3-4,7,15H,2,5-6H2,1H3,(H,12,13). The van der Waals surface area contributed by atoms with Crippen LogP contribution in [0.25, 0.3) is 0 Å². The Morgan fingerprint density at radius 2 is 2.33 bits per heavy atom. The molecule has 1 N–H and O–H groups in total. The van der Waals surface area contributed by atoms with Crippen LogP contribution < -0.4 is 9.46 Å². The van der Waals surface area contributed by atoms with Crippen LogP contribution in [-0.4, -0.2) is 23.6 Å². The molecule has 0 bridgehead atoms. The van der Waals surface area contributed by atoms with Crippen LogP contribution in [0.3, 0.4) is 0 Å². The van der Waals surface area contributed by atoms with E-state index in [9.17, 15) is 4.21 Å². The fraction of sp³-hybridized carbons (Fsp3) is 0.400. The normalized spacial score (nSPS) is 21.2. The van der Waals surface area contributed by atoms with Gasteiger partial charge >= 0.3 is 0 Å². The van der Waals surface area contributed by atoms with Gasteiger partial charge in [0.15, 0.2) is 0 Å². The van der Waals surface area contributed by atoms with Crippen molar-refractivity contribution < 1.29 is 8.95 Å². The van der Waals surface area contributed by atoms with E-state index in [-0.39, 0.29) is 0 Å². The monoisotopic (exact) mass is 291 g/mol. The molecule has 2 rings (SSSR count). The summed E-state index contributed by atoms with van der Waals surface area (Å²) in [4.78, 5) is 0.861. The van der Waals surface area contributed by atoms with Crippen LogP contribution in [0, 0.1) is 0 Å². The zero-order valence-corrected chi connectivity index (χ0v) is 11.0. The fourth-order valence-electron chi connectivity index (χ4n) is 1.73. The van der Waals surface area contributed by atoms with Crippen molar-refractivity contribution in [2.75, 3.05) is 19.4 Å². The van der Waals surface area contributed by atoms with Crippen molar-refractivity contribution in [3.8, 4) is 5.75 Å². The Morgan fingerprint density at radius 3 is 2.93 bits per heavy atom. The lowest BCUT2D eigenvalue weighted by Gasteiger charge is -2.19. The number of methoxy groups -OCH3 is 1. The minimum absolute atomic E-state index is 0.733. The summed E-state index contributed by atoms with van der Waals surface area (Å²) in [6, 6.07) is 5.63. The van der Waals surface area contributed by atoms with Crippen LogP contribution in [0.1, 0.15) is 6.42 Å². The van der Waals surface area contributed by atoms with Gasteiger partial charge in [-0.2, -0.15) is 0 Å². The highest BCUT2D eigenvalue weighted by Gasteiger charge is 2.22. The molecule has 1 aromatic rings. The van der Waals surface area contributed by atoms with E-state index in [0.717, 1.165) is 33.8 Å². The molecule has 1 aliphatic rings. The first-order valence-electron chi connectivity index (χ1n) is 4.84. The molecule has 0 atom stereocenters. The number of rotatable bonds is 2. The third-order valence-electron chi connectivity index (χ3n) is 2.57. The molecule has 0 amide bonds. The number of halogens is 1. The van der Waals surface area contributed by atoms with E-state index >= 15 is 0 Å². The van der Waals surface area contributed by atoms with Crippen LogP contribution >= 0.6 is 15.9 Å². The quantitative estimate of drug-likeness (QED) is 0.815. The molecular weight excluding hydrogens is 278 g/mol. The molecule has 0 aromatic heterocycles. The summed E-state index contributed by atoms with van der Waals surface area (Å²) in [6.45, 7) is 0.843. The van der Waals surface area contributed by atoms with Crippen molar-refractivity contribution in [3.05, 3.63) is 22.7 Å². The number of ether oxygens (including phenoxy) is 1. The average Bonchev–Trinajstić information content (AvgIpc) is 2.67. The molecule has 1 saturated heterocycles. The highest BCUT2D eigenvalue weighted by atomic mass is 79.9. The second kappa shape index (κ2) is 4.23. The maximum atomic E-state index is 12.4. The molecule has 1 heterocycles. The maximum absolute atomic E-state index is 12.4. The van der Waals surface area contributed by atoms with Gasteiger partial charge < -0.3 is 4.74 Å². The van der Waals surface area contributed by atoms with Gasteiger partial charge in [0.1, 0.15) is 5.75 Å². The highest BCUT2D eigenvalue weighted by Crippen LogP contribution is 2.30. The third-order valence-corrected chi connectivity index (χ3v) is 6.02. The lowest BCUT2D eigenvalue weighted by Crippen LogP contribution is -2.26. The van der Waals surface area contributed by atoms with Crippen LogP contribution in [-0.2, 0) is 10.1 Å². The molecule has 0 saturated carbocycles. The number of nitrogens with one attached hydrogen (secondary N) is 1. The Kier molecular flexibility index (Phi) is 3.13. The van der Waals surface area contributed by atoms with Crippen molar-refractivity contribution in [3.63, 3.8) is 0 Å². The summed E-state index contributed by atoms with van der Waals surface area (Å²) in [5.74, 6) is 1.48. The fourth-order valence-corrected chi connectivity index (χ4v) is 4.51. The van der Waals surface area contributed by atoms with Gasteiger partial charge in [-0.3, -0.25) is 8.93 Å². The van der Waals surface area contributed by atoms with E-state index in [1.54, 1.807) is 7.11 Å². The SMILES string of the molecule is COc1cc([SH]2(=O)CCCN2)ccc1Br. The minimum atomic E-state index is -2.33. The van der Waals surface area contributed by atoms with Crippen molar-refractivity contribution in [1.82, 2.24) is 4.72 Å². The van der Waals surface area contributed by atoms with E-state index < -0.39 is 10.1 Å². The summed E-state index contributed by atoms with van der Waals surface area (Å²) in [5.41, 5.74) is 0. The number of thiol groups is 1. The Morgan fingerprint density at radius 1 is 1.53 bits per heavy atom. The lowest BCUT2D eigenvalue weighted by molar-refractivity contribution is 0.411. The topological polar surface area (TPSA) is 38.3 Å². The van der Waals surface area contributed by atoms with Crippen molar-refractivity contribution >= 4 is 26.0 Å². The van der Waals surface area contributed by atoms with Crippen LogP contribution in [0.5, 0.6) is 5.75 Å². The molecule has 1 aliphatic heterocycles. The first-order chi connectivity index (χ1) is 7.15. The molecule has 5 heteroatoms. The predicted octanol–water partition coefficient (Wildman–Crippen LogP) is 1.74. The van der Waals surface area contributed by atoms with Gasteiger partial charge in [0.25, 0.3) is 0 Å². The Labute approximate surface area is 98.9 Å². The second-order valence-electron chi connectivity index (χ2n) is 3.54. The summed E-state index contributed by atoms with van der Waals surface area (Å²) < 4.78 is 21.6. The van der Waals surface area contributed by atoms with Gasteiger partial charge in [-0.25, -0.2) is 0 Å². The first-order valence-corrected chi connectivity index (χ1v) is 7.52. The van der Waals surface area contributed by atoms with Gasteiger partial charge in [0.2, 0.25) is 0 Å². The molecular formula is C10H14BrNO2S. The molecule has 0 aliphatic carbocycles. The molecule has 0 radical (unpaired) electrons. The largest absolute Gasteiger partial charge is 0.496 e. The smallest absolute Gasteiger partial charge is 0.134 e. The molecule has 3 nitrogen and oxygen atoms in total. The average molecular weight is 292 g/mol. The predicted molar refractivity (Wildman–Crippen MR) is 66.0 cm³/mol. The second-order valence-corrected chi connectivity index (χ2v) is 7.16. The third kappa shape index (κ3) is 2.09. The Balaban J connectivity index is 2.41. The zero-order valence-electron chi connectivity index (χ0n) is 8.50. The molecule has 15 heavy (non-hydrogen) atoms. The molecule has 1 aromatic carbocycles. The van der Waals surface area contributed by atoms with E-state index in [2.05, 4.69) is 20.7 Å². The van der Waals surface area contributed by atoms with Gasteiger partial charge in [-0.05, 0) is 50.7 Å². The molecule has 0 unspecified atom stereocenters. The summed E-state index contributed by atoms with van der Waals surface area (Å²) in [6.07, 6.45) is 0.982. The van der Waals surface area contributed by atoms with E-state index in [1.807, 2.05) is 18.2 Å². The van der Waals surface area contributed by atoms with Crippen LogP contribution in [0.4, 0.5) is 0 Å². The van der Waals surface area contributed by atoms with Crippen molar-refractivity contribution in [2.45, 2.75) is 11.3 Å². The van der Waals surface area contributed by atoms with Gasteiger partial charge in [-0.15, -0.1) is 0 Å². The van der Waals surface area contributed by atoms with Gasteiger partial charge in [0, 0.05) is 17.2 Å². The molecule has 1 fully saturated rings. The van der Waals surface area contributed by atoms with E-state index in [1.165, 1.54) is 0 Å². The van der Waals surface area contributed by atoms with Gasteiger partial charge in [0.05, 0.1) is 11.6 Å². The number of hydrogen-bond acceptors (Lipinski definition) is 2. The Bertz CT molecular complexity index is 412. The zero-order chi connectivity index (χ0) is 10.9. The van der Waals surface area contributed by atoms with Crippen LogP contribution in [0.15, 0.2) is 27.6 Å². The lowest BCUT2D eigenvalue weighted by atomic mass is 10.3. The number of benzene rings is 1. The summed E-state index contributed by atoms with van der Waals surface area (Å²) >= 11 is 3.38. The van der Waals surface area contributed by atoms with E-state index in [4.69, 9.17) is 4.74 Å². The van der Waals surface area contributed by atoms with E-state index in [0.29, 0.717) is 0 Å². The maximum Gasteiger partial charge on any atom is 0.134 e. The van der Waals surface area contributed by atoms with Crippen LogP contribution in [0.2, 0.25) is 0 Å². The highest BCUT2D eigenvalue weighted by molar-refractivity contribution is 9.10. The van der Waals surface area contributed by atoms with Crippen molar-refractivity contribution in [2.24, 2.45) is 0 Å². The summed E-state index contributed by atoms with van der Waals surface area (Å²) in [5, 5.41) is 0. The first kappa shape index (κ1) is 11.1.